The van der Waals surface area contributed by atoms with Crippen LogP contribution < -0.4 is 5.32 Å². The number of amides is 1. The molecule has 1 heterocycles. The smallest absolute Gasteiger partial charge is 0.288 e. The van der Waals surface area contributed by atoms with Gasteiger partial charge in [-0.05, 0) is 61.0 Å². The first-order valence-electron chi connectivity index (χ1n) is 8.63. The highest BCUT2D eigenvalue weighted by atomic mass is 35.5. The second-order valence-corrected chi connectivity index (χ2v) is 7.88. The third-order valence-electron chi connectivity index (χ3n) is 4.34. The van der Waals surface area contributed by atoms with E-state index in [4.69, 9.17) is 11.6 Å². The van der Waals surface area contributed by atoms with Gasteiger partial charge in [-0.2, -0.15) is 0 Å². The van der Waals surface area contributed by atoms with Crippen LogP contribution in [0.1, 0.15) is 15.9 Å². The molecule has 0 saturated carbocycles. The van der Waals surface area contributed by atoms with Crippen LogP contribution in [0.4, 0.5) is 11.4 Å². The van der Waals surface area contributed by atoms with Crippen LogP contribution in [-0.4, -0.2) is 15.8 Å². The number of aromatic nitrogens is 1. The van der Waals surface area contributed by atoms with Crippen molar-refractivity contribution in [2.45, 2.75) is 6.92 Å². The zero-order valence-electron chi connectivity index (χ0n) is 15.2. The summed E-state index contributed by atoms with van der Waals surface area (Å²) in [6, 6.07) is 17.4. The number of thiazole rings is 1. The molecule has 8 heteroatoms. The zero-order chi connectivity index (χ0) is 20.5. The van der Waals surface area contributed by atoms with Crippen molar-refractivity contribution in [1.82, 2.24) is 4.98 Å². The van der Waals surface area contributed by atoms with Gasteiger partial charge in [0.1, 0.15) is 10.0 Å². The molecule has 1 amide bonds. The van der Waals surface area contributed by atoms with Gasteiger partial charge in [-0.3, -0.25) is 14.9 Å². The molecule has 4 rings (SSSR count). The SMILES string of the molecule is Cc1ccc2nc(-c3ccc(NC(=O)c4ccc(Cl)c([N+](=O)[O-])c4)cc3)sc2c1. The number of aryl methyl sites for hydroxylation is 1. The average molecular weight is 424 g/mol. The van der Waals surface area contributed by atoms with Crippen LogP contribution in [0.15, 0.2) is 60.7 Å². The maximum atomic E-state index is 12.4. The highest BCUT2D eigenvalue weighted by Crippen LogP contribution is 2.31. The first-order valence-corrected chi connectivity index (χ1v) is 9.83. The van der Waals surface area contributed by atoms with Gasteiger partial charge in [-0.1, -0.05) is 17.7 Å². The van der Waals surface area contributed by atoms with Crippen LogP contribution in [0.2, 0.25) is 5.02 Å². The average Bonchev–Trinajstić information content (AvgIpc) is 3.11. The Bertz CT molecular complexity index is 1250. The first-order chi connectivity index (χ1) is 13.9. The Balaban J connectivity index is 1.54. The van der Waals surface area contributed by atoms with E-state index >= 15 is 0 Å². The summed E-state index contributed by atoms with van der Waals surface area (Å²) >= 11 is 7.40. The predicted molar refractivity (Wildman–Crippen MR) is 116 cm³/mol. The van der Waals surface area contributed by atoms with Gasteiger partial charge in [0.15, 0.2) is 0 Å². The number of rotatable bonds is 4. The Labute approximate surface area is 174 Å². The number of carbonyl (C=O) groups excluding carboxylic acids is 1. The third-order valence-corrected chi connectivity index (χ3v) is 5.73. The van der Waals surface area contributed by atoms with E-state index in [2.05, 4.69) is 16.4 Å². The van der Waals surface area contributed by atoms with Gasteiger partial charge in [-0.15, -0.1) is 11.3 Å². The summed E-state index contributed by atoms with van der Waals surface area (Å²) in [5.41, 5.74) is 3.52. The first kappa shape index (κ1) is 19.0. The number of hydrogen-bond donors (Lipinski definition) is 1. The number of halogens is 1. The molecule has 0 unspecified atom stereocenters. The van der Waals surface area contributed by atoms with E-state index in [1.807, 2.05) is 31.2 Å². The molecule has 0 atom stereocenters. The lowest BCUT2D eigenvalue weighted by Crippen LogP contribution is -2.12. The number of nitrogens with zero attached hydrogens (tertiary/aromatic N) is 2. The maximum Gasteiger partial charge on any atom is 0.288 e. The molecule has 3 aromatic carbocycles. The highest BCUT2D eigenvalue weighted by molar-refractivity contribution is 7.21. The van der Waals surface area contributed by atoms with Gasteiger partial charge in [0, 0.05) is 22.9 Å². The summed E-state index contributed by atoms with van der Waals surface area (Å²) in [5, 5.41) is 14.6. The van der Waals surface area contributed by atoms with Gasteiger partial charge in [0.2, 0.25) is 0 Å². The Morgan fingerprint density at radius 2 is 1.86 bits per heavy atom. The Hall–Kier alpha value is -3.29. The van der Waals surface area contributed by atoms with Crippen LogP contribution in [0, 0.1) is 17.0 Å². The summed E-state index contributed by atoms with van der Waals surface area (Å²) in [6.07, 6.45) is 0. The normalized spacial score (nSPS) is 10.8. The number of nitro groups is 1. The lowest BCUT2D eigenvalue weighted by atomic mass is 10.1. The molecule has 1 N–H and O–H groups in total. The summed E-state index contributed by atoms with van der Waals surface area (Å²) in [6.45, 7) is 2.05. The number of benzene rings is 3. The number of fused-ring (bicyclic) bond motifs is 1. The second-order valence-electron chi connectivity index (χ2n) is 6.44. The minimum absolute atomic E-state index is 0.0121. The quantitative estimate of drug-likeness (QED) is 0.318. The predicted octanol–water partition coefficient (Wildman–Crippen LogP) is 6.09. The van der Waals surface area contributed by atoms with Crippen molar-refractivity contribution in [2.75, 3.05) is 5.32 Å². The molecular formula is C21H14ClN3O3S. The van der Waals surface area contributed by atoms with Gasteiger partial charge in [-0.25, -0.2) is 4.98 Å². The van der Waals surface area contributed by atoms with Gasteiger partial charge >= 0.3 is 0 Å². The Morgan fingerprint density at radius 1 is 1.10 bits per heavy atom. The largest absolute Gasteiger partial charge is 0.322 e. The molecule has 0 aliphatic carbocycles. The number of anilines is 1. The molecule has 6 nitrogen and oxygen atoms in total. The molecule has 144 valence electrons. The summed E-state index contributed by atoms with van der Waals surface area (Å²) in [4.78, 5) is 27.4. The molecule has 0 saturated heterocycles. The van der Waals surface area contributed by atoms with Crippen molar-refractivity contribution in [2.24, 2.45) is 0 Å². The van der Waals surface area contributed by atoms with Gasteiger partial charge in [0.25, 0.3) is 11.6 Å². The molecule has 0 fully saturated rings. The van der Waals surface area contributed by atoms with Gasteiger partial charge in [0.05, 0.1) is 15.1 Å². The fourth-order valence-electron chi connectivity index (χ4n) is 2.85. The van der Waals surface area contributed by atoms with Crippen LogP contribution in [0.3, 0.4) is 0 Å². The van der Waals surface area contributed by atoms with Crippen molar-refractivity contribution in [3.63, 3.8) is 0 Å². The monoisotopic (exact) mass is 423 g/mol. The molecule has 29 heavy (non-hydrogen) atoms. The van der Waals surface area contributed by atoms with Crippen LogP contribution in [0.25, 0.3) is 20.8 Å². The van der Waals surface area contributed by atoms with Crippen molar-refractivity contribution in [1.29, 1.82) is 0 Å². The van der Waals surface area contributed by atoms with Crippen molar-refractivity contribution in [3.8, 4) is 10.6 Å². The van der Waals surface area contributed by atoms with E-state index in [0.29, 0.717) is 5.69 Å². The van der Waals surface area contributed by atoms with Crippen LogP contribution >= 0.6 is 22.9 Å². The van der Waals surface area contributed by atoms with Gasteiger partial charge < -0.3 is 5.32 Å². The summed E-state index contributed by atoms with van der Waals surface area (Å²) in [5.74, 6) is -0.451. The van der Waals surface area contributed by atoms with E-state index in [9.17, 15) is 14.9 Å². The molecule has 4 aromatic rings. The fraction of sp³-hybridized carbons (Fsp3) is 0.0476. The van der Waals surface area contributed by atoms with E-state index in [1.165, 1.54) is 17.7 Å². The number of nitro benzene ring substituents is 1. The molecule has 0 bridgehead atoms. The number of hydrogen-bond acceptors (Lipinski definition) is 5. The van der Waals surface area contributed by atoms with E-state index in [0.717, 1.165) is 26.9 Å². The molecule has 0 aliphatic heterocycles. The zero-order valence-corrected chi connectivity index (χ0v) is 16.8. The number of carbonyl (C=O) groups is 1. The highest BCUT2D eigenvalue weighted by Gasteiger charge is 2.16. The van der Waals surface area contributed by atoms with Crippen LogP contribution in [0.5, 0.6) is 0 Å². The third kappa shape index (κ3) is 3.96. The van der Waals surface area contributed by atoms with Crippen molar-refractivity contribution in [3.05, 3.63) is 86.9 Å². The molecule has 0 spiro atoms. The minimum Gasteiger partial charge on any atom is -0.322 e. The molecule has 1 aromatic heterocycles. The minimum atomic E-state index is -0.618. The number of nitrogens with one attached hydrogen (secondary N) is 1. The standard InChI is InChI=1S/C21H14ClN3O3S/c1-12-2-9-17-19(10-12)29-21(24-17)13-3-6-15(7-4-13)23-20(26)14-5-8-16(22)18(11-14)25(27)28/h2-11H,1H3,(H,23,26). The summed E-state index contributed by atoms with van der Waals surface area (Å²) in [7, 11) is 0. The second kappa shape index (κ2) is 7.62. The molecule has 0 radical (unpaired) electrons. The summed E-state index contributed by atoms with van der Waals surface area (Å²) < 4.78 is 1.13. The maximum absolute atomic E-state index is 12.4. The topological polar surface area (TPSA) is 85.1 Å². The van der Waals surface area contributed by atoms with E-state index in [1.54, 1.807) is 23.5 Å². The van der Waals surface area contributed by atoms with Crippen molar-refractivity contribution < 1.29 is 9.72 Å². The Kier molecular flexibility index (Phi) is 5.00. The van der Waals surface area contributed by atoms with E-state index in [-0.39, 0.29) is 16.3 Å². The molecule has 0 aliphatic rings. The lowest BCUT2D eigenvalue weighted by Gasteiger charge is -2.06. The lowest BCUT2D eigenvalue weighted by molar-refractivity contribution is -0.384. The van der Waals surface area contributed by atoms with E-state index < -0.39 is 10.8 Å². The Morgan fingerprint density at radius 3 is 2.59 bits per heavy atom. The van der Waals surface area contributed by atoms with Crippen molar-refractivity contribution >= 4 is 50.4 Å². The van der Waals surface area contributed by atoms with Crippen LogP contribution in [-0.2, 0) is 0 Å². The fourth-order valence-corrected chi connectivity index (χ4v) is 4.10. The molecular weight excluding hydrogens is 410 g/mol.